The quantitative estimate of drug-likeness (QED) is 0.620. The highest BCUT2D eigenvalue weighted by Crippen LogP contribution is 2.25. The largest absolute Gasteiger partial charge is 0.378 e. The van der Waals surface area contributed by atoms with Gasteiger partial charge in [-0.2, -0.15) is 0 Å². The number of nitrogens with zero attached hydrogens (tertiary/aromatic N) is 4. The van der Waals surface area contributed by atoms with Crippen LogP contribution in [0.2, 0.25) is 0 Å². The first-order valence-corrected chi connectivity index (χ1v) is 11.7. The molecule has 7 nitrogen and oxygen atoms in total. The van der Waals surface area contributed by atoms with E-state index < -0.39 is 0 Å². The summed E-state index contributed by atoms with van der Waals surface area (Å²) in [5.74, 6) is 0.931. The van der Waals surface area contributed by atoms with E-state index in [0.717, 1.165) is 68.4 Å². The summed E-state index contributed by atoms with van der Waals surface area (Å²) in [6.07, 6.45) is 3.45. The van der Waals surface area contributed by atoms with Crippen LogP contribution in [0.5, 0.6) is 0 Å². The van der Waals surface area contributed by atoms with E-state index in [1.165, 1.54) is 12.1 Å². The van der Waals surface area contributed by atoms with Gasteiger partial charge >= 0.3 is 0 Å². The summed E-state index contributed by atoms with van der Waals surface area (Å²) in [5.41, 5.74) is 2.71. The zero-order valence-corrected chi connectivity index (χ0v) is 19.0. The van der Waals surface area contributed by atoms with E-state index in [9.17, 15) is 9.18 Å². The second-order valence-electron chi connectivity index (χ2n) is 8.67. The van der Waals surface area contributed by atoms with Gasteiger partial charge < -0.3 is 19.9 Å². The molecule has 1 N–H and O–H groups in total. The van der Waals surface area contributed by atoms with Crippen molar-refractivity contribution >= 4 is 23.1 Å². The van der Waals surface area contributed by atoms with Crippen LogP contribution < -0.4 is 15.1 Å². The standard InChI is InChI=1S/C26H28FN5O2/c27-21-5-3-19(4-6-21)25-28-12-11-24(30-25)32-13-1-2-20(18-32)26(33)29-22-7-9-23(10-8-22)31-14-16-34-17-15-31/h3-12,20H,1-2,13-18H2,(H,29,33). The molecule has 0 bridgehead atoms. The van der Waals surface area contributed by atoms with Gasteiger partial charge in [0.1, 0.15) is 11.6 Å². The third kappa shape index (κ3) is 5.17. The molecule has 34 heavy (non-hydrogen) atoms. The first-order chi connectivity index (χ1) is 16.7. The molecule has 3 heterocycles. The Hall–Kier alpha value is -3.52. The Morgan fingerprint density at radius 2 is 1.74 bits per heavy atom. The summed E-state index contributed by atoms with van der Waals surface area (Å²) in [6.45, 7) is 4.68. The fourth-order valence-electron chi connectivity index (χ4n) is 4.48. The summed E-state index contributed by atoms with van der Waals surface area (Å²) in [7, 11) is 0. The minimum absolute atomic E-state index is 0.0247. The number of nitrogens with one attached hydrogen (secondary N) is 1. The van der Waals surface area contributed by atoms with E-state index >= 15 is 0 Å². The van der Waals surface area contributed by atoms with E-state index in [-0.39, 0.29) is 17.6 Å². The second kappa shape index (κ2) is 10.2. The molecule has 0 radical (unpaired) electrons. The first kappa shape index (κ1) is 22.3. The van der Waals surface area contributed by atoms with Crippen LogP contribution >= 0.6 is 0 Å². The number of halogens is 1. The molecular formula is C26H28FN5O2. The molecule has 2 saturated heterocycles. The highest BCUT2D eigenvalue weighted by atomic mass is 19.1. The third-order valence-corrected chi connectivity index (χ3v) is 6.37. The van der Waals surface area contributed by atoms with Crippen molar-refractivity contribution in [3.05, 3.63) is 66.6 Å². The van der Waals surface area contributed by atoms with Crippen molar-refractivity contribution in [2.24, 2.45) is 5.92 Å². The van der Waals surface area contributed by atoms with Crippen LogP contribution in [0.25, 0.3) is 11.4 Å². The average Bonchev–Trinajstić information content (AvgIpc) is 2.90. The summed E-state index contributed by atoms with van der Waals surface area (Å²) >= 11 is 0. The number of hydrogen-bond acceptors (Lipinski definition) is 6. The average molecular weight is 462 g/mol. The maximum absolute atomic E-state index is 13.3. The topological polar surface area (TPSA) is 70.6 Å². The molecule has 1 atom stereocenters. The van der Waals surface area contributed by atoms with Gasteiger partial charge in [0.25, 0.3) is 0 Å². The van der Waals surface area contributed by atoms with Gasteiger partial charge in [-0.05, 0) is 67.4 Å². The van der Waals surface area contributed by atoms with E-state index in [1.54, 1.807) is 18.3 Å². The maximum Gasteiger partial charge on any atom is 0.229 e. The number of hydrogen-bond donors (Lipinski definition) is 1. The Bertz CT molecular complexity index is 1120. The first-order valence-electron chi connectivity index (χ1n) is 11.7. The number of carbonyl (C=O) groups is 1. The lowest BCUT2D eigenvalue weighted by Crippen LogP contribution is -2.41. The Kier molecular flexibility index (Phi) is 6.67. The van der Waals surface area contributed by atoms with Crippen molar-refractivity contribution in [2.45, 2.75) is 12.8 Å². The SMILES string of the molecule is O=C(Nc1ccc(N2CCOCC2)cc1)C1CCCN(c2ccnc(-c3ccc(F)cc3)n2)C1. The second-order valence-corrected chi connectivity index (χ2v) is 8.67. The summed E-state index contributed by atoms with van der Waals surface area (Å²) < 4.78 is 18.7. The van der Waals surface area contributed by atoms with Crippen molar-refractivity contribution in [1.82, 2.24) is 9.97 Å². The van der Waals surface area contributed by atoms with E-state index in [0.29, 0.717) is 12.4 Å². The molecule has 0 saturated carbocycles. The van der Waals surface area contributed by atoms with Crippen LogP contribution in [0.1, 0.15) is 12.8 Å². The number of benzene rings is 2. The number of anilines is 3. The van der Waals surface area contributed by atoms with Crippen LogP contribution in [0.15, 0.2) is 60.8 Å². The van der Waals surface area contributed by atoms with Gasteiger partial charge in [0.2, 0.25) is 5.91 Å². The zero-order chi connectivity index (χ0) is 23.3. The lowest BCUT2D eigenvalue weighted by atomic mass is 9.97. The summed E-state index contributed by atoms with van der Waals surface area (Å²) in [6, 6.07) is 16.0. The van der Waals surface area contributed by atoms with E-state index in [2.05, 4.69) is 25.1 Å². The summed E-state index contributed by atoms with van der Waals surface area (Å²) in [5, 5.41) is 3.08. The number of rotatable bonds is 5. The number of amides is 1. The Balaban J connectivity index is 1.22. The van der Waals surface area contributed by atoms with Crippen molar-refractivity contribution in [3.8, 4) is 11.4 Å². The number of morpholine rings is 1. The lowest BCUT2D eigenvalue weighted by molar-refractivity contribution is -0.120. The van der Waals surface area contributed by atoms with Gasteiger partial charge in [-0.1, -0.05) is 0 Å². The Morgan fingerprint density at radius 3 is 2.50 bits per heavy atom. The van der Waals surface area contributed by atoms with Gasteiger partial charge in [0.15, 0.2) is 5.82 Å². The van der Waals surface area contributed by atoms with E-state index in [1.807, 2.05) is 30.3 Å². The molecule has 1 aromatic heterocycles. The molecule has 1 amide bonds. The monoisotopic (exact) mass is 461 g/mol. The highest BCUT2D eigenvalue weighted by molar-refractivity contribution is 5.93. The minimum Gasteiger partial charge on any atom is -0.378 e. The molecule has 2 aromatic carbocycles. The molecule has 2 aliphatic heterocycles. The minimum atomic E-state index is -0.291. The number of ether oxygens (including phenoxy) is 1. The lowest BCUT2D eigenvalue weighted by Gasteiger charge is -2.33. The van der Waals surface area contributed by atoms with E-state index in [4.69, 9.17) is 4.74 Å². The van der Waals surface area contributed by atoms with Crippen LogP contribution in [0.4, 0.5) is 21.6 Å². The predicted octanol–water partition coefficient (Wildman–Crippen LogP) is 3.97. The number of carbonyl (C=O) groups excluding carboxylic acids is 1. The third-order valence-electron chi connectivity index (χ3n) is 6.37. The maximum atomic E-state index is 13.3. The summed E-state index contributed by atoms with van der Waals surface area (Å²) in [4.78, 5) is 26.4. The van der Waals surface area contributed by atoms with Crippen molar-refractivity contribution < 1.29 is 13.9 Å². The Morgan fingerprint density at radius 1 is 0.971 bits per heavy atom. The molecule has 0 aliphatic carbocycles. The molecule has 2 aliphatic rings. The van der Waals surface area contributed by atoms with Crippen molar-refractivity contribution in [3.63, 3.8) is 0 Å². The van der Waals surface area contributed by atoms with Crippen molar-refractivity contribution in [1.29, 1.82) is 0 Å². The number of aromatic nitrogens is 2. The Labute approximate surface area is 198 Å². The molecule has 3 aromatic rings. The molecule has 1 unspecified atom stereocenters. The van der Waals surface area contributed by atoms with Gasteiger partial charge in [-0.15, -0.1) is 0 Å². The molecule has 0 spiro atoms. The van der Waals surface area contributed by atoms with Crippen LogP contribution in [-0.2, 0) is 9.53 Å². The van der Waals surface area contributed by atoms with Gasteiger partial charge in [0, 0.05) is 49.3 Å². The molecule has 5 rings (SSSR count). The molecule has 176 valence electrons. The molecule has 2 fully saturated rings. The molecular weight excluding hydrogens is 433 g/mol. The smallest absolute Gasteiger partial charge is 0.229 e. The van der Waals surface area contributed by atoms with Crippen LogP contribution in [0, 0.1) is 11.7 Å². The van der Waals surface area contributed by atoms with Gasteiger partial charge in [-0.3, -0.25) is 4.79 Å². The van der Waals surface area contributed by atoms with Crippen LogP contribution in [0.3, 0.4) is 0 Å². The normalized spacial score (nSPS) is 18.6. The highest BCUT2D eigenvalue weighted by Gasteiger charge is 2.27. The fraction of sp³-hybridized carbons (Fsp3) is 0.346. The van der Waals surface area contributed by atoms with Crippen LogP contribution in [-0.4, -0.2) is 55.3 Å². The predicted molar refractivity (Wildman–Crippen MR) is 130 cm³/mol. The zero-order valence-electron chi connectivity index (χ0n) is 19.0. The fourth-order valence-corrected chi connectivity index (χ4v) is 4.48. The number of piperidine rings is 1. The van der Waals surface area contributed by atoms with Gasteiger partial charge in [-0.25, -0.2) is 14.4 Å². The molecule has 8 heteroatoms. The van der Waals surface area contributed by atoms with Gasteiger partial charge in [0.05, 0.1) is 19.1 Å². The van der Waals surface area contributed by atoms with Crippen molar-refractivity contribution in [2.75, 3.05) is 54.5 Å².